The van der Waals surface area contributed by atoms with Crippen molar-refractivity contribution in [2.75, 3.05) is 0 Å². The lowest BCUT2D eigenvalue weighted by molar-refractivity contribution is -0.122. The van der Waals surface area contributed by atoms with Gasteiger partial charge in [-0.3, -0.25) is 4.79 Å². The second kappa shape index (κ2) is 5.00. The van der Waals surface area contributed by atoms with Crippen LogP contribution >= 0.6 is 15.9 Å². The molecule has 0 radical (unpaired) electrons. The van der Waals surface area contributed by atoms with Gasteiger partial charge < -0.3 is 0 Å². The van der Waals surface area contributed by atoms with Gasteiger partial charge in [-0.2, -0.15) is 5.26 Å². The van der Waals surface area contributed by atoms with Crippen molar-refractivity contribution in [3.05, 3.63) is 34.9 Å². The third-order valence-corrected chi connectivity index (χ3v) is 6.12. The lowest BCUT2D eigenvalue weighted by Gasteiger charge is -2.49. The van der Waals surface area contributed by atoms with Crippen LogP contribution in [0, 0.1) is 17.2 Å². The minimum atomic E-state index is -0.0136. The molecule has 2 nitrogen and oxygen atoms in total. The zero-order chi connectivity index (χ0) is 14.3. The largest absolute Gasteiger partial charge is 0.298 e. The van der Waals surface area contributed by atoms with Gasteiger partial charge in [0.1, 0.15) is 5.78 Å². The number of hydrogen-bond acceptors (Lipinski definition) is 2. The number of ketones is 1. The summed E-state index contributed by atoms with van der Waals surface area (Å²) < 4.78 is 0. The molecule has 0 amide bonds. The molecule has 1 saturated carbocycles. The Morgan fingerprint density at radius 3 is 3.00 bits per heavy atom. The zero-order valence-corrected chi connectivity index (χ0v) is 13.2. The van der Waals surface area contributed by atoms with Crippen molar-refractivity contribution >= 4 is 21.7 Å². The van der Waals surface area contributed by atoms with Crippen molar-refractivity contribution in [1.29, 1.82) is 5.26 Å². The van der Waals surface area contributed by atoms with E-state index in [0.29, 0.717) is 18.1 Å². The summed E-state index contributed by atoms with van der Waals surface area (Å²) >= 11 is 3.57. The maximum atomic E-state index is 12.0. The third kappa shape index (κ3) is 1.93. The zero-order valence-electron chi connectivity index (χ0n) is 11.7. The van der Waals surface area contributed by atoms with E-state index in [1.54, 1.807) is 0 Å². The standard InChI is InChI=1S/C17H18BrNO/c1-2-17-9-15(18)16(20)8-13(17)5-4-12-7-11(10-19)3-6-14(12)17/h3,6-7,13,15H,2,4-5,8-9H2,1H3. The van der Waals surface area contributed by atoms with E-state index in [2.05, 4.69) is 35.0 Å². The Labute approximate surface area is 128 Å². The van der Waals surface area contributed by atoms with E-state index in [9.17, 15) is 4.79 Å². The summed E-state index contributed by atoms with van der Waals surface area (Å²) in [6, 6.07) is 8.34. The number of rotatable bonds is 1. The first-order valence-corrected chi connectivity index (χ1v) is 8.22. The Morgan fingerprint density at radius 2 is 2.30 bits per heavy atom. The highest BCUT2D eigenvalue weighted by Gasteiger charge is 2.48. The predicted molar refractivity (Wildman–Crippen MR) is 81.9 cm³/mol. The van der Waals surface area contributed by atoms with Crippen LogP contribution in [0.25, 0.3) is 0 Å². The Morgan fingerprint density at radius 1 is 1.50 bits per heavy atom. The molecule has 0 N–H and O–H groups in total. The van der Waals surface area contributed by atoms with Gasteiger partial charge in [-0.05, 0) is 54.9 Å². The van der Waals surface area contributed by atoms with Crippen molar-refractivity contribution < 1.29 is 4.79 Å². The number of nitrogens with zero attached hydrogens (tertiary/aromatic N) is 1. The second-order valence-corrected chi connectivity index (χ2v) is 7.18. The van der Waals surface area contributed by atoms with E-state index < -0.39 is 0 Å². The maximum Gasteiger partial charge on any atom is 0.146 e. The van der Waals surface area contributed by atoms with Crippen molar-refractivity contribution in [2.24, 2.45) is 5.92 Å². The number of halogens is 1. The Kier molecular flexibility index (Phi) is 3.46. The average molecular weight is 332 g/mol. The summed E-state index contributed by atoms with van der Waals surface area (Å²) in [5.74, 6) is 0.824. The third-order valence-electron chi connectivity index (χ3n) is 5.29. The molecule has 104 valence electrons. The lowest BCUT2D eigenvalue weighted by Crippen LogP contribution is -2.47. The van der Waals surface area contributed by atoms with Gasteiger partial charge in [0, 0.05) is 11.8 Å². The van der Waals surface area contributed by atoms with Crippen LogP contribution in [0.3, 0.4) is 0 Å². The smallest absolute Gasteiger partial charge is 0.146 e. The minimum absolute atomic E-state index is 0.0136. The van der Waals surface area contributed by atoms with Gasteiger partial charge in [-0.25, -0.2) is 0 Å². The monoisotopic (exact) mass is 331 g/mol. The van der Waals surface area contributed by atoms with Crippen LogP contribution in [0.4, 0.5) is 0 Å². The highest BCUT2D eigenvalue weighted by atomic mass is 79.9. The van der Waals surface area contributed by atoms with Crippen molar-refractivity contribution in [3.8, 4) is 6.07 Å². The van der Waals surface area contributed by atoms with E-state index in [1.165, 1.54) is 11.1 Å². The van der Waals surface area contributed by atoms with Crippen LogP contribution in [-0.2, 0) is 16.6 Å². The van der Waals surface area contributed by atoms with E-state index in [1.807, 2.05) is 12.1 Å². The molecule has 2 aliphatic carbocycles. The van der Waals surface area contributed by atoms with Gasteiger partial charge in [-0.15, -0.1) is 0 Å². The summed E-state index contributed by atoms with van der Waals surface area (Å²) in [6.45, 7) is 2.23. The molecule has 3 atom stereocenters. The number of hydrogen-bond donors (Lipinski definition) is 0. The van der Waals surface area contributed by atoms with E-state index >= 15 is 0 Å². The van der Waals surface area contributed by atoms with Crippen LogP contribution in [0.15, 0.2) is 18.2 Å². The lowest BCUT2D eigenvalue weighted by atomic mass is 9.56. The molecule has 2 aliphatic rings. The quantitative estimate of drug-likeness (QED) is 0.732. The van der Waals surface area contributed by atoms with E-state index in [4.69, 9.17) is 5.26 Å². The molecule has 3 rings (SSSR count). The SMILES string of the molecule is CCC12CC(Br)C(=O)CC1CCc1cc(C#N)ccc12. The van der Waals surface area contributed by atoms with Crippen LogP contribution in [0.1, 0.15) is 49.3 Å². The van der Waals surface area contributed by atoms with Gasteiger partial charge in [0.25, 0.3) is 0 Å². The molecule has 1 fully saturated rings. The predicted octanol–water partition coefficient (Wildman–Crippen LogP) is 3.89. The number of carbonyl (C=O) groups excluding carboxylic acids is 1. The summed E-state index contributed by atoms with van der Waals surface area (Å²) in [6.07, 6.45) is 4.72. The number of Topliss-reactive ketones (excluding diaryl/α,β-unsaturated/α-hetero) is 1. The molecule has 0 spiro atoms. The Bertz CT molecular complexity index is 603. The van der Waals surface area contributed by atoms with E-state index in [-0.39, 0.29) is 10.2 Å². The number of nitriles is 1. The summed E-state index contributed by atoms with van der Waals surface area (Å²) in [5, 5.41) is 9.07. The van der Waals surface area contributed by atoms with E-state index in [0.717, 1.165) is 31.2 Å². The fourth-order valence-electron chi connectivity index (χ4n) is 4.18. The topological polar surface area (TPSA) is 40.9 Å². The second-order valence-electron chi connectivity index (χ2n) is 6.07. The van der Waals surface area contributed by atoms with Crippen molar-refractivity contribution in [1.82, 2.24) is 0 Å². The number of carbonyl (C=O) groups is 1. The normalized spacial score (nSPS) is 32.1. The Balaban J connectivity index is 2.11. The number of alkyl halides is 1. The minimum Gasteiger partial charge on any atom is -0.298 e. The maximum absolute atomic E-state index is 12.0. The van der Waals surface area contributed by atoms with Crippen LogP contribution in [0.5, 0.6) is 0 Å². The first-order valence-electron chi connectivity index (χ1n) is 7.31. The molecule has 0 aromatic heterocycles. The Hall–Kier alpha value is -1.14. The molecule has 0 aliphatic heterocycles. The van der Waals surface area contributed by atoms with Crippen LogP contribution in [-0.4, -0.2) is 10.6 Å². The van der Waals surface area contributed by atoms with Gasteiger partial charge >= 0.3 is 0 Å². The average Bonchev–Trinajstić information content (AvgIpc) is 2.48. The van der Waals surface area contributed by atoms with Gasteiger partial charge in [-0.1, -0.05) is 28.9 Å². The molecule has 3 unspecified atom stereocenters. The first-order chi connectivity index (χ1) is 9.60. The van der Waals surface area contributed by atoms with Gasteiger partial charge in [0.05, 0.1) is 16.5 Å². The number of fused-ring (bicyclic) bond motifs is 3. The van der Waals surface area contributed by atoms with Gasteiger partial charge in [0.15, 0.2) is 0 Å². The van der Waals surface area contributed by atoms with Crippen molar-refractivity contribution in [2.45, 2.75) is 49.3 Å². The fourth-order valence-corrected chi connectivity index (χ4v) is 4.95. The molecule has 0 bridgehead atoms. The molecular weight excluding hydrogens is 314 g/mol. The molecule has 1 aromatic carbocycles. The highest BCUT2D eigenvalue weighted by molar-refractivity contribution is 9.10. The van der Waals surface area contributed by atoms with Gasteiger partial charge in [0.2, 0.25) is 0 Å². The molecule has 3 heteroatoms. The molecule has 20 heavy (non-hydrogen) atoms. The number of aryl methyl sites for hydroxylation is 1. The number of benzene rings is 1. The van der Waals surface area contributed by atoms with Crippen LogP contribution < -0.4 is 0 Å². The molecule has 0 saturated heterocycles. The fraction of sp³-hybridized carbons (Fsp3) is 0.529. The molecular formula is C17H18BrNO. The van der Waals surface area contributed by atoms with Crippen molar-refractivity contribution in [3.63, 3.8) is 0 Å². The summed E-state index contributed by atoms with van der Waals surface area (Å²) in [7, 11) is 0. The molecule has 1 aromatic rings. The highest BCUT2D eigenvalue weighted by Crippen LogP contribution is 2.52. The summed E-state index contributed by atoms with van der Waals surface area (Å²) in [4.78, 5) is 12.0. The first kappa shape index (κ1) is 13.8. The summed E-state index contributed by atoms with van der Waals surface area (Å²) in [5.41, 5.74) is 3.56. The molecule has 0 heterocycles. The van der Waals surface area contributed by atoms with Crippen LogP contribution in [0.2, 0.25) is 0 Å².